The fourth-order valence-electron chi connectivity index (χ4n) is 11.2. The summed E-state index contributed by atoms with van der Waals surface area (Å²) in [6, 6.07) is 7.74. The van der Waals surface area contributed by atoms with Gasteiger partial charge in [0.1, 0.15) is 19.0 Å². The molecule has 8 heteroatoms. The van der Waals surface area contributed by atoms with Gasteiger partial charge in [-0.05, 0) is 127 Å². The summed E-state index contributed by atoms with van der Waals surface area (Å²) in [4.78, 5) is 38.0. The average Bonchev–Trinajstić information content (AvgIpc) is 4.38. The minimum absolute atomic E-state index is 0.0806. The fraction of sp³-hybridized carbons (Fsp3) is 0.793. The molecule has 0 aliphatic carbocycles. The van der Waals surface area contributed by atoms with Gasteiger partial charge in [0.05, 0.1) is 18.8 Å². The van der Waals surface area contributed by atoms with Gasteiger partial charge in [-0.25, -0.2) is 0 Å². The van der Waals surface area contributed by atoms with Crippen molar-refractivity contribution < 1.29 is 37.4 Å². The zero-order valence-corrected chi connectivity index (χ0v) is 59.8. The van der Waals surface area contributed by atoms with Crippen molar-refractivity contribution in [1.29, 1.82) is 0 Å². The molecule has 90 heavy (non-hydrogen) atoms. The lowest BCUT2D eigenvalue weighted by atomic mass is 10.0. The molecule has 0 saturated heterocycles. The highest BCUT2D eigenvalue weighted by molar-refractivity contribution is 5.71. The summed E-state index contributed by atoms with van der Waals surface area (Å²) < 4.78 is 26.8. The predicted molar refractivity (Wildman–Crippen MR) is 386 cm³/mol. The summed E-state index contributed by atoms with van der Waals surface area (Å²) in [5.41, 5.74) is 0. The zero-order valence-electron chi connectivity index (χ0n) is 59.8. The van der Waals surface area contributed by atoms with Gasteiger partial charge in [-0.2, -0.15) is 0 Å². The van der Waals surface area contributed by atoms with E-state index in [1.807, 2.05) is 18.2 Å². The second kappa shape index (κ2) is 75.9. The van der Waals surface area contributed by atoms with E-state index < -0.39 is 6.10 Å². The molecule has 2 aromatic heterocycles. The number of ether oxygens (including phenoxy) is 3. The largest absolute Gasteiger partial charge is 0.473 e. The first-order valence-electron chi connectivity index (χ1n) is 38.9. The second-order valence-electron chi connectivity index (χ2n) is 26.1. The summed E-state index contributed by atoms with van der Waals surface area (Å²) in [5, 5.41) is 0. The summed E-state index contributed by atoms with van der Waals surface area (Å²) in [6.45, 7) is 8.92. The highest BCUT2D eigenvalue weighted by Gasteiger charge is 2.20. The Kier molecular flexibility index (Phi) is 72.7. The summed E-state index contributed by atoms with van der Waals surface area (Å²) >= 11 is 0. The molecule has 0 N–H and O–H groups in total. The Balaban J connectivity index is 0.00000238. The van der Waals surface area contributed by atoms with Crippen LogP contribution in [0.15, 0.2) is 88.3 Å². The van der Waals surface area contributed by atoms with Crippen LogP contribution in [0, 0.1) is 0 Å². The molecule has 0 atom stereocenters. The first-order chi connectivity index (χ1) is 44.5. The molecule has 2 heterocycles. The van der Waals surface area contributed by atoms with Gasteiger partial charge < -0.3 is 23.0 Å². The van der Waals surface area contributed by atoms with Crippen LogP contribution >= 0.6 is 0 Å². The van der Waals surface area contributed by atoms with Gasteiger partial charge in [0, 0.05) is 25.7 Å². The van der Waals surface area contributed by atoms with Crippen LogP contribution in [0.25, 0.3) is 0 Å². The lowest BCUT2D eigenvalue weighted by Gasteiger charge is -2.18. The van der Waals surface area contributed by atoms with E-state index in [2.05, 4.69) is 74.6 Å². The highest BCUT2D eigenvalue weighted by Crippen LogP contribution is 2.18. The maximum atomic E-state index is 12.8. The topological polar surface area (TPSA) is 105 Å². The lowest BCUT2D eigenvalue weighted by Crippen LogP contribution is -2.30. The quantitative estimate of drug-likeness (QED) is 0.0279. The number of aryl methyl sites for hydroxylation is 1. The molecule has 2 aromatic rings. The molecule has 0 unspecified atom stereocenters. The van der Waals surface area contributed by atoms with E-state index in [1.165, 1.54) is 270 Å². The Morgan fingerprint density at radius 3 is 0.856 bits per heavy atom. The summed E-state index contributed by atoms with van der Waals surface area (Å²) in [6.07, 6.45) is 88.8. The normalized spacial score (nSPS) is 11.4. The van der Waals surface area contributed by atoms with E-state index >= 15 is 0 Å². The lowest BCUT2D eigenvalue weighted by molar-refractivity contribution is -0.167. The first-order valence-corrected chi connectivity index (χ1v) is 38.9. The minimum atomic E-state index is -0.781. The molecule has 0 aliphatic heterocycles. The smallest absolute Gasteiger partial charge is 0.306 e. The molecule has 0 amide bonds. The van der Waals surface area contributed by atoms with Crippen molar-refractivity contribution in [2.24, 2.45) is 0 Å². The van der Waals surface area contributed by atoms with Crippen LogP contribution in [-0.2, 0) is 35.0 Å². The van der Waals surface area contributed by atoms with E-state index in [0.29, 0.717) is 19.3 Å². The van der Waals surface area contributed by atoms with E-state index in [1.54, 1.807) is 18.8 Å². The number of esters is 3. The first kappa shape index (κ1) is 86.2. The van der Waals surface area contributed by atoms with Gasteiger partial charge in [-0.15, -0.1) is 0 Å². The number of hydrogen-bond acceptors (Lipinski definition) is 8. The Hall–Kier alpha value is -3.81. The van der Waals surface area contributed by atoms with Crippen molar-refractivity contribution in [3.63, 3.8) is 0 Å². The third-order valence-electron chi connectivity index (χ3n) is 17.1. The molecule has 0 spiro atoms. The molecular weight excluding hydrogens is 1110 g/mol. The third-order valence-corrected chi connectivity index (χ3v) is 17.1. The van der Waals surface area contributed by atoms with Gasteiger partial charge >= 0.3 is 17.9 Å². The molecule has 0 aromatic carbocycles. The third kappa shape index (κ3) is 71.6. The zero-order chi connectivity index (χ0) is 65.0. The van der Waals surface area contributed by atoms with Gasteiger partial charge in [-0.3, -0.25) is 14.4 Å². The van der Waals surface area contributed by atoms with Crippen LogP contribution < -0.4 is 0 Å². The maximum Gasteiger partial charge on any atom is 0.306 e. The Labute approximate surface area is 557 Å². The molecule has 0 radical (unpaired) electrons. The van der Waals surface area contributed by atoms with Crippen LogP contribution in [0.5, 0.6) is 0 Å². The number of carbonyl (C=O) groups is 3. The molecule has 0 aliphatic rings. The van der Waals surface area contributed by atoms with Crippen LogP contribution in [0.4, 0.5) is 0 Å². The number of hydrogen-bond donors (Lipinski definition) is 0. The van der Waals surface area contributed by atoms with Gasteiger partial charge in [0.25, 0.3) is 0 Å². The van der Waals surface area contributed by atoms with Gasteiger partial charge in [0.2, 0.25) is 0 Å². The van der Waals surface area contributed by atoms with Crippen molar-refractivity contribution in [3.05, 3.63) is 85.3 Å². The Morgan fingerprint density at radius 1 is 0.322 bits per heavy atom. The van der Waals surface area contributed by atoms with Crippen LogP contribution in [0.2, 0.25) is 0 Å². The average molecular weight is 1260 g/mol. The molecule has 2 rings (SSSR count). The Morgan fingerprint density at radius 2 is 0.589 bits per heavy atom. The number of unbranched alkanes of at least 4 members (excludes halogenated alkanes) is 47. The Bertz CT molecular complexity index is 1690. The van der Waals surface area contributed by atoms with E-state index in [0.717, 1.165) is 89.2 Å². The monoisotopic (exact) mass is 1260 g/mol. The van der Waals surface area contributed by atoms with E-state index in [4.69, 9.17) is 18.6 Å². The van der Waals surface area contributed by atoms with Crippen molar-refractivity contribution in [2.75, 3.05) is 13.2 Å². The van der Waals surface area contributed by atoms with Crippen molar-refractivity contribution >= 4 is 17.9 Å². The maximum absolute atomic E-state index is 12.8. The molecular formula is C82H146O8. The predicted octanol–water partition coefficient (Wildman–Crippen LogP) is 27.1. The van der Waals surface area contributed by atoms with Gasteiger partial charge in [0.15, 0.2) is 6.10 Å². The SMILES string of the molecule is CCCCCCCC/C=C/CCCCCCCC(=O)OCC(COC(=O)CCCCCCC/C=C/CCCCCCCC)OC(=O)CCCCCCC/C=C/CCCCCCCC.CCCCCCCCCCCCCCCCCc1ccco1.c1ccoc1. The summed E-state index contributed by atoms with van der Waals surface area (Å²) in [7, 11) is 0. The molecule has 522 valence electrons. The highest BCUT2D eigenvalue weighted by atomic mass is 16.6. The van der Waals surface area contributed by atoms with Crippen molar-refractivity contribution in [1.82, 2.24) is 0 Å². The van der Waals surface area contributed by atoms with Crippen LogP contribution in [0.1, 0.15) is 399 Å². The number of furan rings is 2. The van der Waals surface area contributed by atoms with Gasteiger partial charge in [-0.1, -0.05) is 308 Å². The van der Waals surface area contributed by atoms with E-state index in [9.17, 15) is 14.4 Å². The number of carbonyl (C=O) groups excluding carboxylic acids is 3. The molecule has 0 fully saturated rings. The minimum Gasteiger partial charge on any atom is -0.473 e. The summed E-state index contributed by atoms with van der Waals surface area (Å²) in [5.74, 6) is 0.255. The standard InChI is InChI=1S/C57H104O6.C21H38O.C4H4O/c1-4-7-10-13-16-19-22-25-28-31-34-37-40-43-46-49-55(58)61-52-54(63-57(60)51-48-45-42-39-36-33-30-27-24-21-18-15-12-9-6-3)53-62-56(59)50-47-44-41-38-35-32-29-26-23-20-17-14-11-8-5-2;1-2-3-4-5-6-7-8-9-10-11-12-13-14-15-16-18-21-19-17-20-22-21;1-2-4-5-3-1/h25-30,54H,4-24,31-53H2,1-3H3;17,19-20H,2-16,18H2,1H3;1-4H/b28-25+,29-26+,30-27+;;. The number of rotatable bonds is 66. The molecule has 0 bridgehead atoms. The second-order valence-corrected chi connectivity index (χ2v) is 26.1. The van der Waals surface area contributed by atoms with E-state index in [-0.39, 0.29) is 31.1 Å². The van der Waals surface area contributed by atoms with Crippen molar-refractivity contribution in [3.8, 4) is 0 Å². The molecule has 8 nitrogen and oxygen atoms in total. The fourth-order valence-corrected chi connectivity index (χ4v) is 11.2. The van der Waals surface area contributed by atoms with Crippen molar-refractivity contribution in [2.45, 2.75) is 406 Å². The van der Waals surface area contributed by atoms with Crippen LogP contribution in [-0.4, -0.2) is 37.2 Å². The molecule has 0 saturated carbocycles. The van der Waals surface area contributed by atoms with Crippen LogP contribution in [0.3, 0.4) is 0 Å². The number of allylic oxidation sites excluding steroid dienone is 6.